The minimum Gasteiger partial charge on any atom is -0.494 e. The van der Waals surface area contributed by atoms with E-state index < -0.39 is 0 Å². The van der Waals surface area contributed by atoms with Gasteiger partial charge in [0.25, 0.3) is 0 Å². The van der Waals surface area contributed by atoms with E-state index in [9.17, 15) is 0 Å². The summed E-state index contributed by atoms with van der Waals surface area (Å²) < 4.78 is 5.55. The second kappa shape index (κ2) is 6.69. The SMILES string of the molecule is CCOc1cc(N)cc(NC2CCCCCC2C)c1. The highest BCUT2D eigenvalue weighted by molar-refractivity contribution is 5.59. The lowest BCUT2D eigenvalue weighted by Crippen LogP contribution is -2.26. The van der Waals surface area contributed by atoms with Crippen LogP contribution in [0, 0.1) is 5.92 Å². The Labute approximate surface area is 116 Å². The van der Waals surface area contributed by atoms with Crippen LogP contribution in [0.2, 0.25) is 0 Å². The molecule has 3 heteroatoms. The van der Waals surface area contributed by atoms with E-state index in [0.717, 1.165) is 23.0 Å². The van der Waals surface area contributed by atoms with Crippen LogP contribution in [0.3, 0.4) is 0 Å². The fraction of sp³-hybridized carbons (Fsp3) is 0.625. The Balaban J connectivity index is 2.08. The number of ether oxygens (including phenoxy) is 1. The van der Waals surface area contributed by atoms with E-state index in [-0.39, 0.29) is 0 Å². The summed E-state index contributed by atoms with van der Waals surface area (Å²) in [6.07, 6.45) is 6.62. The van der Waals surface area contributed by atoms with Crippen molar-refractivity contribution >= 4 is 11.4 Å². The Hall–Kier alpha value is -1.38. The summed E-state index contributed by atoms with van der Waals surface area (Å²) in [6, 6.07) is 6.49. The fourth-order valence-corrected chi connectivity index (χ4v) is 2.88. The third-order valence-electron chi connectivity index (χ3n) is 3.95. The Morgan fingerprint density at radius 3 is 2.79 bits per heavy atom. The standard InChI is InChI=1S/C16H26N2O/c1-3-19-15-10-13(17)9-14(11-15)18-16-8-6-4-5-7-12(16)2/h9-12,16,18H,3-8,17H2,1-2H3. The smallest absolute Gasteiger partial charge is 0.123 e. The number of anilines is 2. The van der Waals surface area contributed by atoms with Crippen LogP contribution >= 0.6 is 0 Å². The molecule has 0 bridgehead atoms. The van der Waals surface area contributed by atoms with Crippen LogP contribution in [0.4, 0.5) is 11.4 Å². The molecule has 3 N–H and O–H groups in total. The van der Waals surface area contributed by atoms with Gasteiger partial charge in [-0.1, -0.05) is 26.2 Å². The highest BCUT2D eigenvalue weighted by Gasteiger charge is 2.19. The van der Waals surface area contributed by atoms with Crippen LogP contribution in [-0.2, 0) is 0 Å². The molecule has 19 heavy (non-hydrogen) atoms. The van der Waals surface area contributed by atoms with Gasteiger partial charge in [-0.05, 0) is 31.7 Å². The van der Waals surface area contributed by atoms with Crippen molar-refractivity contribution < 1.29 is 4.74 Å². The van der Waals surface area contributed by atoms with Crippen LogP contribution in [0.5, 0.6) is 5.75 Å². The average molecular weight is 262 g/mol. The Bertz CT molecular complexity index is 406. The topological polar surface area (TPSA) is 47.3 Å². The Morgan fingerprint density at radius 1 is 1.21 bits per heavy atom. The highest BCUT2D eigenvalue weighted by atomic mass is 16.5. The van der Waals surface area contributed by atoms with Gasteiger partial charge in [-0.2, -0.15) is 0 Å². The van der Waals surface area contributed by atoms with Crippen LogP contribution in [-0.4, -0.2) is 12.6 Å². The van der Waals surface area contributed by atoms with Crippen molar-refractivity contribution in [3.05, 3.63) is 18.2 Å². The van der Waals surface area contributed by atoms with E-state index in [2.05, 4.69) is 18.3 Å². The van der Waals surface area contributed by atoms with Gasteiger partial charge >= 0.3 is 0 Å². The molecule has 0 saturated heterocycles. The first-order valence-corrected chi connectivity index (χ1v) is 7.49. The maximum atomic E-state index is 5.94. The number of nitrogens with two attached hydrogens (primary N) is 1. The molecule has 1 aromatic rings. The molecule has 2 atom stereocenters. The first kappa shape index (κ1) is 14.0. The summed E-state index contributed by atoms with van der Waals surface area (Å²) in [7, 11) is 0. The summed E-state index contributed by atoms with van der Waals surface area (Å²) in [6.45, 7) is 5.01. The van der Waals surface area contributed by atoms with Gasteiger partial charge in [0.2, 0.25) is 0 Å². The van der Waals surface area contributed by atoms with Gasteiger partial charge < -0.3 is 15.8 Å². The molecule has 2 rings (SSSR count). The summed E-state index contributed by atoms with van der Waals surface area (Å²) in [5.74, 6) is 1.57. The maximum absolute atomic E-state index is 5.94. The molecule has 2 unspecified atom stereocenters. The summed E-state index contributed by atoms with van der Waals surface area (Å²) >= 11 is 0. The lowest BCUT2D eigenvalue weighted by atomic mass is 9.96. The van der Waals surface area contributed by atoms with Gasteiger partial charge in [0.1, 0.15) is 5.75 Å². The van der Waals surface area contributed by atoms with Gasteiger partial charge in [-0.3, -0.25) is 0 Å². The van der Waals surface area contributed by atoms with E-state index in [1.54, 1.807) is 0 Å². The van der Waals surface area contributed by atoms with E-state index in [4.69, 9.17) is 10.5 Å². The van der Waals surface area contributed by atoms with E-state index in [0.29, 0.717) is 12.6 Å². The first-order chi connectivity index (χ1) is 9.19. The minimum absolute atomic E-state index is 0.554. The number of benzene rings is 1. The predicted octanol–water partition coefficient (Wildman–Crippen LogP) is 4.05. The number of nitrogens with one attached hydrogen (secondary N) is 1. The van der Waals surface area contributed by atoms with Gasteiger partial charge in [-0.25, -0.2) is 0 Å². The molecule has 1 aliphatic carbocycles. The molecule has 1 aliphatic rings. The highest BCUT2D eigenvalue weighted by Crippen LogP contribution is 2.28. The molecule has 0 aromatic heterocycles. The summed E-state index contributed by atoms with van der Waals surface area (Å²) in [5, 5.41) is 3.65. The number of hydrogen-bond donors (Lipinski definition) is 2. The molecular weight excluding hydrogens is 236 g/mol. The summed E-state index contributed by atoms with van der Waals surface area (Å²) in [4.78, 5) is 0. The van der Waals surface area contributed by atoms with E-state index in [1.807, 2.05) is 19.1 Å². The van der Waals surface area contributed by atoms with Crippen LogP contribution in [0.1, 0.15) is 46.0 Å². The monoisotopic (exact) mass is 262 g/mol. The maximum Gasteiger partial charge on any atom is 0.123 e. The van der Waals surface area contributed by atoms with Crippen molar-refractivity contribution in [3.63, 3.8) is 0 Å². The zero-order valence-corrected chi connectivity index (χ0v) is 12.1. The van der Waals surface area contributed by atoms with Crippen LogP contribution < -0.4 is 15.8 Å². The minimum atomic E-state index is 0.554. The number of hydrogen-bond acceptors (Lipinski definition) is 3. The van der Waals surface area contributed by atoms with Gasteiger partial charge in [-0.15, -0.1) is 0 Å². The molecule has 0 heterocycles. The molecule has 106 valence electrons. The lowest BCUT2D eigenvalue weighted by molar-refractivity contribution is 0.340. The van der Waals surface area contributed by atoms with Crippen molar-refractivity contribution in [2.24, 2.45) is 5.92 Å². The Morgan fingerprint density at radius 2 is 2.00 bits per heavy atom. The molecule has 3 nitrogen and oxygen atoms in total. The van der Waals surface area contributed by atoms with E-state index in [1.165, 1.54) is 32.1 Å². The van der Waals surface area contributed by atoms with Gasteiger partial charge in [0.05, 0.1) is 6.61 Å². The quantitative estimate of drug-likeness (QED) is 0.635. The normalized spacial score (nSPS) is 23.7. The molecule has 1 saturated carbocycles. The van der Waals surface area contributed by atoms with Crippen LogP contribution in [0.25, 0.3) is 0 Å². The van der Waals surface area contributed by atoms with Crippen molar-refractivity contribution in [2.45, 2.75) is 52.0 Å². The molecular formula is C16H26N2O. The van der Waals surface area contributed by atoms with Gasteiger partial charge in [0, 0.05) is 29.5 Å². The predicted molar refractivity (Wildman–Crippen MR) is 81.7 cm³/mol. The first-order valence-electron chi connectivity index (χ1n) is 7.49. The molecule has 0 radical (unpaired) electrons. The summed E-state index contributed by atoms with van der Waals surface area (Å²) in [5.41, 5.74) is 7.78. The third kappa shape index (κ3) is 4.05. The van der Waals surface area contributed by atoms with Crippen LogP contribution in [0.15, 0.2) is 18.2 Å². The van der Waals surface area contributed by atoms with E-state index >= 15 is 0 Å². The molecule has 1 fully saturated rings. The third-order valence-corrected chi connectivity index (χ3v) is 3.95. The van der Waals surface area contributed by atoms with Gasteiger partial charge in [0.15, 0.2) is 0 Å². The Kier molecular flexibility index (Phi) is 4.94. The fourth-order valence-electron chi connectivity index (χ4n) is 2.88. The second-order valence-corrected chi connectivity index (χ2v) is 5.59. The zero-order valence-electron chi connectivity index (χ0n) is 12.1. The number of nitrogen functional groups attached to an aromatic ring is 1. The lowest BCUT2D eigenvalue weighted by Gasteiger charge is -2.24. The van der Waals surface area contributed by atoms with Crippen molar-refractivity contribution in [2.75, 3.05) is 17.7 Å². The average Bonchev–Trinajstić information content (AvgIpc) is 2.55. The zero-order chi connectivity index (χ0) is 13.7. The molecule has 0 amide bonds. The van der Waals surface area contributed by atoms with Crippen molar-refractivity contribution in [1.29, 1.82) is 0 Å². The van der Waals surface area contributed by atoms with Crippen molar-refractivity contribution in [3.8, 4) is 5.75 Å². The van der Waals surface area contributed by atoms with Crippen molar-refractivity contribution in [1.82, 2.24) is 0 Å². The molecule has 0 aliphatic heterocycles. The number of rotatable bonds is 4. The largest absolute Gasteiger partial charge is 0.494 e. The second-order valence-electron chi connectivity index (χ2n) is 5.59. The molecule has 0 spiro atoms. The molecule has 1 aromatic carbocycles.